The van der Waals surface area contributed by atoms with E-state index >= 15 is 0 Å². The number of carboxylic acid groups (broad SMARTS) is 1. The van der Waals surface area contributed by atoms with Gasteiger partial charge in [-0.2, -0.15) is 0 Å². The Morgan fingerprint density at radius 2 is 2.24 bits per heavy atom. The van der Waals surface area contributed by atoms with Gasteiger partial charge in [0.1, 0.15) is 5.75 Å². The van der Waals surface area contributed by atoms with Gasteiger partial charge in [-0.15, -0.1) is 0 Å². The molecule has 2 atom stereocenters. The zero-order valence-corrected chi connectivity index (χ0v) is 11.7. The molecule has 0 aliphatic heterocycles. The Kier molecular flexibility index (Phi) is 4.62. The molecule has 0 heterocycles. The van der Waals surface area contributed by atoms with Gasteiger partial charge in [0.2, 0.25) is 0 Å². The van der Waals surface area contributed by atoms with Crippen molar-refractivity contribution in [3.8, 4) is 5.75 Å². The third kappa shape index (κ3) is 3.62. The van der Waals surface area contributed by atoms with Crippen LogP contribution in [0.25, 0.3) is 0 Å². The van der Waals surface area contributed by atoms with Crippen molar-refractivity contribution in [1.82, 2.24) is 0 Å². The topological polar surface area (TPSA) is 102 Å². The van der Waals surface area contributed by atoms with E-state index in [4.69, 9.17) is 9.84 Å². The van der Waals surface area contributed by atoms with Crippen LogP contribution in [-0.4, -0.2) is 29.2 Å². The Balaban J connectivity index is 2.15. The van der Waals surface area contributed by atoms with Gasteiger partial charge < -0.3 is 15.2 Å². The van der Waals surface area contributed by atoms with Crippen LogP contribution in [0, 0.1) is 16.0 Å². The van der Waals surface area contributed by atoms with E-state index in [1.807, 2.05) is 0 Å². The molecule has 1 fully saturated rings. The second-order valence-electron chi connectivity index (χ2n) is 5.18. The number of nitro groups is 1. The molecule has 0 saturated heterocycles. The zero-order valence-electron chi connectivity index (χ0n) is 11.7. The number of carboxylic acids is 1. The molecule has 2 rings (SSSR count). The number of nitrogens with one attached hydrogen (secondary N) is 1. The summed E-state index contributed by atoms with van der Waals surface area (Å²) in [4.78, 5) is 21.5. The van der Waals surface area contributed by atoms with Crippen molar-refractivity contribution >= 4 is 17.3 Å². The van der Waals surface area contributed by atoms with Gasteiger partial charge in [0.05, 0.1) is 23.6 Å². The largest absolute Gasteiger partial charge is 0.495 e. The molecule has 0 spiro atoms. The van der Waals surface area contributed by atoms with E-state index in [-0.39, 0.29) is 17.6 Å². The molecule has 1 saturated carbocycles. The molecule has 1 aromatic rings. The zero-order chi connectivity index (χ0) is 15.4. The number of carbonyl (C=O) groups is 1. The van der Waals surface area contributed by atoms with Crippen LogP contribution in [0.3, 0.4) is 0 Å². The average Bonchev–Trinajstić information content (AvgIpc) is 2.47. The van der Waals surface area contributed by atoms with Crippen LogP contribution in [0.4, 0.5) is 11.4 Å². The highest BCUT2D eigenvalue weighted by Crippen LogP contribution is 2.33. The summed E-state index contributed by atoms with van der Waals surface area (Å²) in [6.45, 7) is 0. The summed E-state index contributed by atoms with van der Waals surface area (Å²) in [7, 11) is 1.49. The normalized spacial score (nSPS) is 21.6. The standard InChI is InChI=1S/C14H18N2O5/c1-21-13-6-5-11(16(19)20)8-12(13)15-10-4-2-3-9(7-10)14(17)18/h5-6,8-10,15H,2-4,7H2,1H3,(H,17,18). The summed E-state index contributed by atoms with van der Waals surface area (Å²) in [5.74, 6) is -0.633. The molecule has 0 amide bonds. The summed E-state index contributed by atoms with van der Waals surface area (Å²) in [5.41, 5.74) is 0.506. The molecule has 0 radical (unpaired) electrons. The highest BCUT2D eigenvalue weighted by atomic mass is 16.6. The van der Waals surface area contributed by atoms with Gasteiger partial charge in [-0.1, -0.05) is 6.42 Å². The number of aliphatic carboxylic acids is 1. The summed E-state index contributed by atoms with van der Waals surface area (Å²) >= 11 is 0. The molecule has 7 nitrogen and oxygen atoms in total. The van der Waals surface area contributed by atoms with Gasteiger partial charge in [0.25, 0.3) is 5.69 Å². The Morgan fingerprint density at radius 3 is 2.86 bits per heavy atom. The molecule has 7 heteroatoms. The highest BCUT2D eigenvalue weighted by Gasteiger charge is 2.27. The van der Waals surface area contributed by atoms with Gasteiger partial charge in [-0.25, -0.2) is 0 Å². The van der Waals surface area contributed by atoms with Crippen LogP contribution in [0.5, 0.6) is 5.75 Å². The van der Waals surface area contributed by atoms with E-state index < -0.39 is 10.9 Å². The number of hydrogen-bond acceptors (Lipinski definition) is 5. The van der Waals surface area contributed by atoms with E-state index in [9.17, 15) is 14.9 Å². The maximum absolute atomic E-state index is 11.1. The van der Waals surface area contributed by atoms with Gasteiger partial charge in [-0.05, 0) is 25.3 Å². The second-order valence-corrected chi connectivity index (χ2v) is 5.18. The summed E-state index contributed by atoms with van der Waals surface area (Å²) in [5, 5.41) is 23.1. The van der Waals surface area contributed by atoms with E-state index in [0.29, 0.717) is 24.3 Å². The van der Waals surface area contributed by atoms with E-state index in [0.717, 1.165) is 12.8 Å². The smallest absolute Gasteiger partial charge is 0.306 e. The first-order valence-electron chi connectivity index (χ1n) is 6.83. The average molecular weight is 294 g/mol. The summed E-state index contributed by atoms with van der Waals surface area (Å²) < 4.78 is 5.19. The van der Waals surface area contributed by atoms with Crippen molar-refractivity contribution in [2.75, 3.05) is 12.4 Å². The quantitative estimate of drug-likeness (QED) is 0.639. The van der Waals surface area contributed by atoms with Crippen molar-refractivity contribution in [2.45, 2.75) is 31.7 Å². The fourth-order valence-corrected chi connectivity index (χ4v) is 2.69. The minimum atomic E-state index is -0.785. The molecular weight excluding hydrogens is 276 g/mol. The van der Waals surface area contributed by atoms with E-state index in [1.54, 1.807) is 0 Å². The number of ether oxygens (including phenoxy) is 1. The Hall–Kier alpha value is -2.31. The number of anilines is 1. The lowest BCUT2D eigenvalue weighted by Gasteiger charge is -2.28. The van der Waals surface area contributed by atoms with Crippen LogP contribution in [0.1, 0.15) is 25.7 Å². The summed E-state index contributed by atoms with van der Waals surface area (Å²) in [6, 6.07) is 4.32. The second kappa shape index (κ2) is 6.43. The lowest BCUT2D eigenvalue weighted by molar-refractivity contribution is -0.384. The van der Waals surface area contributed by atoms with Crippen molar-refractivity contribution < 1.29 is 19.6 Å². The third-order valence-corrected chi connectivity index (χ3v) is 3.78. The van der Waals surface area contributed by atoms with Gasteiger partial charge >= 0.3 is 5.97 Å². The van der Waals surface area contributed by atoms with Crippen LogP contribution in [0.15, 0.2) is 18.2 Å². The predicted molar refractivity (Wildman–Crippen MR) is 76.7 cm³/mol. The number of benzene rings is 1. The Labute approximate surface area is 122 Å². The highest BCUT2D eigenvalue weighted by molar-refractivity contribution is 5.70. The monoisotopic (exact) mass is 294 g/mol. The first-order valence-corrected chi connectivity index (χ1v) is 6.83. The molecule has 1 aliphatic carbocycles. The van der Waals surface area contributed by atoms with Crippen molar-refractivity contribution in [1.29, 1.82) is 0 Å². The molecule has 1 aliphatic rings. The van der Waals surface area contributed by atoms with Gasteiger partial charge in [-0.3, -0.25) is 14.9 Å². The Bertz CT molecular complexity index is 546. The minimum absolute atomic E-state index is 0.0178. The maximum atomic E-state index is 11.1. The van der Waals surface area contributed by atoms with Crippen molar-refractivity contribution in [3.63, 3.8) is 0 Å². The number of methoxy groups -OCH3 is 1. The molecule has 0 aromatic heterocycles. The lowest BCUT2D eigenvalue weighted by Crippen LogP contribution is -2.31. The van der Waals surface area contributed by atoms with Crippen molar-refractivity contribution in [3.05, 3.63) is 28.3 Å². The number of nitrogens with zero attached hydrogens (tertiary/aromatic N) is 1. The van der Waals surface area contributed by atoms with E-state index in [2.05, 4.69) is 5.32 Å². The fraction of sp³-hybridized carbons (Fsp3) is 0.500. The molecule has 0 bridgehead atoms. The molecule has 1 aromatic carbocycles. The molecule has 114 valence electrons. The lowest BCUT2D eigenvalue weighted by atomic mass is 9.85. The van der Waals surface area contributed by atoms with Crippen LogP contribution in [0.2, 0.25) is 0 Å². The first-order chi connectivity index (χ1) is 10.0. The molecule has 21 heavy (non-hydrogen) atoms. The van der Waals surface area contributed by atoms with Crippen molar-refractivity contribution in [2.24, 2.45) is 5.92 Å². The third-order valence-electron chi connectivity index (χ3n) is 3.78. The Morgan fingerprint density at radius 1 is 1.48 bits per heavy atom. The minimum Gasteiger partial charge on any atom is -0.495 e. The van der Waals surface area contributed by atoms with Gasteiger partial charge in [0, 0.05) is 18.2 Å². The summed E-state index contributed by atoms with van der Waals surface area (Å²) in [6.07, 6.45) is 2.86. The van der Waals surface area contributed by atoms with Crippen LogP contribution in [-0.2, 0) is 4.79 Å². The maximum Gasteiger partial charge on any atom is 0.306 e. The van der Waals surface area contributed by atoms with E-state index in [1.165, 1.54) is 25.3 Å². The number of nitro benzene ring substituents is 1. The predicted octanol–water partition coefficient (Wildman–Crippen LogP) is 2.66. The van der Waals surface area contributed by atoms with Crippen LogP contribution >= 0.6 is 0 Å². The SMILES string of the molecule is COc1ccc([N+](=O)[O-])cc1NC1CCCC(C(=O)O)C1. The van der Waals surface area contributed by atoms with Gasteiger partial charge in [0.15, 0.2) is 0 Å². The molecular formula is C14H18N2O5. The molecule has 2 N–H and O–H groups in total. The number of non-ortho nitro benzene ring substituents is 1. The first kappa shape index (κ1) is 15.1. The number of rotatable bonds is 5. The molecule has 2 unspecified atom stereocenters. The fourth-order valence-electron chi connectivity index (χ4n) is 2.69. The van der Waals surface area contributed by atoms with Crippen LogP contribution < -0.4 is 10.1 Å². The number of hydrogen-bond donors (Lipinski definition) is 2.